The van der Waals surface area contributed by atoms with E-state index in [2.05, 4.69) is 5.16 Å². The Labute approximate surface area is 169 Å². The highest BCUT2D eigenvalue weighted by Crippen LogP contribution is 2.30. The predicted octanol–water partition coefficient (Wildman–Crippen LogP) is 4.05. The van der Waals surface area contributed by atoms with Crippen LogP contribution in [0.25, 0.3) is 11.3 Å². The first-order chi connectivity index (χ1) is 14.0. The highest BCUT2D eigenvalue weighted by Gasteiger charge is 2.36. The van der Waals surface area contributed by atoms with Gasteiger partial charge in [0.15, 0.2) is 5.76 Å². The zero-order valence-corrected chi connectivity index (χ0v) is 16.4. The molecule has 2 aromatic carbocycles. The number of hydrogen-bond acceptors (Lipinski definition) is 5. The molecule has 0 saturated carbocycles. The molecule has 0 bridgehead atoms. The molecule has 1 amide bonds. The number of carbonyl (C=O) groups is 2. The molecule has 6 nitrogen and oxygen atoms in total. The average Bonchev–Trinajstić information content (AvgIpc) is 3.36. The van der Waals surface area contributed by atoms with E-state index in [1.54, 1.807) is 11.0 Å². The molecule has 0 N–H and O–H groups in total. The Hall–Kier alpha value is -3.41. The Balaban J connectivity index is 1.38. The van der Waals surface area contributed by atoms with Crippen molar-refractivity contribution < 1.29 is 18.8 Å². The molecule has 0 aliphatic carbocycles. The first-order valence-corrected chi connectivity index (χ1v) is 9.57. The van der Waals surface area contributed by atoms with E-state index in [0.717, 1.165) is 22.4 Å². The summed E-state index contributed by atoms with van der Waals surface area (Å²) in [7, 11) is 0. The van der Waals surface area contributed by atoms with Gasteiger partial charge in [-0.05, 0) is 31.0 Å². The number of nitrogens with zero attached hydrogens (tertiary/aromatic N) is 2. The monoisotopic (exact) mass is 390 g/mol. The fourth-order valence-electron chi connectivity index (χ4n) is 3.51. The summed E-state index contributed by atoms with van der Waals surface area (Å²) < 4.78 is 10.7. The second kappa shape index (κ2) is 7.91. The third kappa shape index (κ3) is 3.92. The van der Waals surface area contributed by atoms with E-state index < -0.39 is 11.9 Å². The van der Waals surface area contributed by atoms with Crippen LogP contribution in [0.2, 0.25) is 0 Å². The second-order valence-corrected chi connectivity index (χ2v) is 7.28. The molecule has 6 heteroatoms. The fraction of sp³-hybridized carbons (Fsp3) is 0.261. The van der Waals surface area contributed by atoms with Crippen molar-refractivity contribution in [1.82, 2.24) is 5.16 Å². The Morgan fingerprint density at radius 2 is 1.97 bits per heavy atom. The minimum atomic E-state index is -0.483. The molecule has 1 saturated heterocycles. The lowest BCUT2D eigenvalue weighted by Gasteiger charge is -2.20. The molecule has 1 fully saturated rings. The summed E-state index contributed by atoms with van der Waals surface area (Å²) in [4.78, 5) is 26.7. The van der Waals surface area contributed by atoms with Gasteiger partial charge in [-0.25, -0.2) is 0 Å². The number of rotatable bonds is 5. The van der Waals surface area contributed by atoms with Crippen LogP contribution in [-0.2, 0) is 20.9 Å². The molecule has 1 aromatic heterocycles. The van der Waals surface area contributed by atoms with Gasteiger partial charge >= 0.3 is 5.97 Å². The van der Waals surface area contributed by atoms with Gasteiger partial charge in [0, 0.05) is 30.3 Å². The maximum Gasteiger partial charge on any atom is 0.311 e. The molecule has 29 heavy (non-hydrogen) atoms. The Morgan fingerprint density at radius 1 is 1.17 bits per heavy atom. The molecule has 148 valence electrons. The third-order valence-electron chi connectivity index (χ3n) is 5.30. The summed E-state index contributed by atoms with van der Waals surface area (Å²) >= 11 is 0. The summed E-state index contributed by atoms with van der Waals surface area (Å²) in [6.07, 6.45) is 0.153. The number of hydrogen-bond donors (Lipinski definition) is 0. The number of anilines is 1. The van der Waals surface area contributed by atoms with Crippen LogP contribution in [0.3, 0.4) is 0 Å². The standard InChI is InChI=1S/C23H22N2O4/c1-15-7-6-10-20(16(15)2)25-13-18(11-22(25)26)23(27)28-14-19-12-21(29-24-19)17-8-4-3-5-9-17/h3-10,12,18H,11,13-14H2,1-2H3/t18-/m0/s1. The first kappa shape index (κ1) is 18.9. The highest BCUT2D eigenvalue weighted by molar-refractivity contribution is 6.00. The van der Waals surface area contributed by atoms with Gasteiger partial charge in [-0.2, -0.15) is 0 Å². The van der Waals surface area contributed by atoms with Crippen LogP contribution < -0.4 is 4.90 Å². The summed E-state index contributed by atoms with van der Waals surface area (Å²) in [6, 6.07) is 17.2. The number of carbonyl (C=O) groups excluding carboxylic acids is 2. The fourth-order valence-corrected chi connectivity index (χ4v) is 3.51. The molecule has 4 rings (SSSR count). The molecule has 1 aliphatic rings. The van der Waals surface area contributed by atoms with Crippen LogP contribution >= 0.6 is 0 Å². The van der Waals surface area contributed by atoms with Gasteiger partial charge in [-0.3, -0.25) is 9.59 Å². The van der Waals surface area contributed by atoms with Crippen LogP contribution in [0.1, 0.15) is 23.2 Å². The van der Waals surface area contributed by atoms with Crippen LogP contribution in [0.15, 0.2) is 59.1 Å². The third-order valence-corrected chi connectivity index (χ3v) is 5.30. The largest absolute Gasteiger partial charge is 0.459 e. The lowest BCUT2D eigenvalue weighted by molar-refractivity contribution is -0.149. The number of aryl methyl sites for hydroxylation is 1. The number of benzene rings is 2. The number of aromatic nitrogens is 1. The van der Waals surface area contributed by atoms with Crippen LogP contribution in [0.4, 0.5) is 5.69 Å². The van der Waals surface area contributed by atoms with Crippen molar-refractivity contribution in [3.8, 4) is 11.3 Å². The molecular formula is C23H22N2O4. The topological polar surface area (TPSA) is 72.6 Å². The normalized spacial score (nSPS) is 16.3. The molecule has 0 radical (unpaired) electrons. The molecule has 0 spiro atoms. The zero-order chi connectivity index (χ0) is 20.4. The average molecular weight is 390 g/mol. The van der Waals surface area contributed by atoms with Crippen molar-refractivity contribution in [2.75, 3.05) is 11.4 Å². The Morgan fingerprint density at radius 3 is 2.76 bits per heavy atom. The predicted molar refractivity (Wildman–Crippen MR) is 108 cm³/mol. The number of ether oxygens (including phenoxy) is 1. The molecule has 1 aliphatic heterocycles. The van der Waals surface area contributed by atoms with Gasteiger partial charge in [0.2, 0.25) is 5.91 Å². The maximum atomic E-state index is 12.5. The van der Waals surface area contributed by atoms with Gasteiger partial charge in [0.05, 0.1) is 5.92 Å². The summed E-state index contributed by atoms with van der Waals surface area (Å²) in [6.45, 7) is 4.34. The van der Waals surface area contributed by atoms with Crippen LogP contribution in [0, 0.1) is 19.8 Å². The van der Waals surface area contributed by atoms with Gasteiger partial charge in [0.1, 0.15) is 12.3 Å². The number of amides is 1. The van der Waals surface area contributed by atoms with E-state index in [4.69, 9.17) is 9.26 Å². The summed E-state index contributed by atoms with van der Waals surface area (Å²) in [5.41, 5.74) is 4.46. The van der Waals surface area contributed by atoms with Gasteiger partial charge in [0.25, 0.3) is 0 Å². The zero-order valence-electron chi connectivity index (χ0n) is 16.4. The quantitative estimate of drug-likeness (QED) is 0.615. The molecule has 0 unspecified atom stereocenters. The molecule has 3 aromatic rings. The smallest absolute Gasteiger partial charge is 0.311 e. The van der Waals surface area contributed by atoms with Crippen molar-refractivity contribution >= 4 is 17.6 Å². The lowest BCUT2D eigenvalue weighted by Crippen LogP contribution is -2.27. The van der Waals surface area contributed by atoms with Crippen molar-refractivity contribution in [1.29, 1.82) is 0 Å². The minimum Gasteiger partial charge on any atom is -0.459 e. The highest BCUT2D eigenvalue weighted by atomic mass is 16.5. The molecule has 2 heterocycles. The van der Waals surface area contributed by atoms with Crippen molar-refractivity contribution in [3.63, 3.8) is 0 Å². The van der Waals surface area contributed by atoms with Gasteiger partial charge in [-0.15, -0.1) is 0 Å². The number of esters is 1. The Kier molecular flexibility index (Phi) is 5.16. The summed E-state index contributed by atoms with van der Waals surface area (Å²) in [5, 5.41) is 3.96. The lowest BCUT2D eigenvalue weighted by atomic mass is 10.1. The molecule has 1 atom stereocenters. The van der Waals surface area contributed by atoms with Crippen molar-refractivity contribution in [2.45, 2.75) is 26.9 Å². The van der Waals surface area contributed by atoms with Crippen LogP contribution in [-0.4, -0.2) is 23.6 Å². The Bertz CT molecular complexity index is 1040. The van der Waals surface area contributed by atoms with Gasteiger partial charge < -0.3 is 14.2 Å². The van der Waals surface area contributed by atoms with E-state index in [-0.39, 0.29) is 18.9 Å². The minimum absolute atomic E-state index is 0.0172. The van der Waals surface area contributed by atoms with E-state index in [9.17, 15) is 9.59 Å². The van der Waals surface area contributed by atoms with E-state index in [1.807, 2.05) is 62.4 Å². The van der Waals surface area contributed by atoms with Crippen molar-refractivity contribution in [2.24, 2.45) is 5.92 Å². The second-order valence-electron chi connectivity index (χ2n) is 7.28. The maximum absolute atomic E-state index is 12.5. The van der Waals surface area contributed by atoms with E-state index >= 15 is 0 Å². The first-order valence-electron chi connectivity index (χ1n) is 9.57. The SMILES string of the molecule is Cc1cccc(N2C[C@@H](C(=O)OCc3cc(-c4ccccc4)on3)CC2=O)c1C. The van der Waals surface area contributed by atoms with Crippen molar-refractivity contribution in [3.05, 3.63) is 71.4 Å². The summed E-state index contributed by atoms with van der Waals surface area (Å²) in [5.74, 6) is -0.319. The van der Waals surface area contributed by atoms with Gasteiger partial charge in [-0.1, -0.05) is 47.6 Å². The van der Waals surface area contributed by atoms with Crippen LogP contribution in [0.5, 0.6) is 0 Å². The van der Waals surface area contributed by atoms with E-state index in [1.165, 1.54) is 0 Å². The van der Waals surface area contributed by atoms with E-state index in [0.29, 0.717) is 18.0 Å². The molecular weight excluding hydrogens is 368 g/mol.